The average molecular weight is 357 g/mol. The van der Waals surface area contributed by atoms with Crippen LogP contribution in [0, 0.1) is 0 Å². The van der Waals surface area contributed by atoms with Crippen LogP contribution >= 0.6 is 0 Å². The molecule has 1 aromatic carbocycles. The molecule has 0 saturated heterocycles. The Kier molecular flexibility index (Phi) is 2.71. The maximum Gasteiger partial charge on any atom is 0.308 e. The molecule has 0 aliphatic carbocycles. The van der Waals surface area contributed by atoms with E-state index in [9.17, 15) is 4.79 Å². The fraction of sp³-hybridized carbons (Fsp3) is 0.350. The van der Waals surface area contributed by atoms with Crippen LogP contribution in [0.25, 0.3) is 0 Å². The number of fused-ring (bicyclic) bond motifs is 2. The third-order valence-electron chi connectivity index (χ3n) is 4.43. The van der Waals surface area contributed by atoms with Gasteiger partial charge in [0.15, 0.2) is 0 Å². The van der Waals surface area contributed by atoms with E-state index in [4.69, 9.17) is 13.0 Å². The summed E-state index contributed by atoms with van der Waals surface area (Å²) in [6.07, 6.45) is -1.92. The lowest BCUT2D eigenvalue weighted by atomic mass is 10.1. The van der Waals surface area contributed by atoms with Crippen molar-refractivity contribution in [3.05, 3.63) is 46.8 Å². The predicted molar refractivity (Wildman–Crippen MR) is 102 cm³/mol. The third kappa shape index (κ3) is 2.92. The number of hydrogen-bond acceptors (Lipinski definition) is 4. The van der Waals surface area contributed by atoms with E-state index in [1.165, 1.54) is 0 Å². The zero-order valence-corrected chi connectivity index (χ0v) is 14.6. The van der Waals surface area contributed by atoms with Crippen molar-refractivity contribution in [1.82, 2.24) is 5.32 Å². The second-order valence-corrected chi connectivity index (χ2v) is 6.27. The Morgan fingerprint density at radius 3 is 3.31 bits per heavy atom. The molecule has 3 aliphatic heterocycles. The smallest absolute Gasteiger partial charge is 0.308 e. The lowest BCUT2D eigenvalue weighted by molar-refractivity contribution is -0.337. The Bertz CT molecular complexity index is 1140. The molecule has 0 radical (unpaired) electrons. The van der Waals surface area contributed by atoms with E-state index >= 15 is 0 Å². The quantitative estimate of drug-likeness (QED) is 0.844. The molecule has 0 spiro atoms. The van der Waals surface area contributed by atoms with Crippen LogP contribution in [0.15, 0.2) is 46.2 Å². The summed E-state index contributed by atoms with van der Waals surface area (Å²) in [5.41, 5.74) is 1.48. The normalized spacial score (nSPS) is 25.8. The van der Waals surface area contributed by atoms with Gasteiger partial charge in [0.1, 0.15) is 13.7 Å². The van der Waals surface area contributed by atoms with Crippen molar-refractivity contribution in [1.29, 1.82) is 0 Å². The number of benzene rings is 1. The summed E-state index contributed by atoms with van der Waals surface area (Å²) in [4.78, 5) is 19.3. The number of nitrogens with zero attached hydrogens (tertiary/aromatic N) is 3. The van der Waals surface area contributed by atoms with Gasteiger partial charge in [-0.3, -0.25) is 4.79 Å². The maximum absolute atomic E-state index is 13.0. The standard InChI is InChI=1S/C20H22N4O2/c1-13-4-7-18-22-14(2)19(24(18)12-13)20(25)21-11-15-5-6-16-17(10-15)26-9-8-23(16)3/h4-6,10,12H,7-9,11H2,1-3H3/p+1/i1D3,4D,7D,12D. The van der Waals surface area contributed by atoms with Crippen molar-refractivity contribution in [2.24, 2.45) is 4.99 Å². The molecule has 1 N–H and O–H groups in total. The Morgan fingerprint density at radius 1 is 1.58 bits per heavy atom. The molecule has 3 heterocycles. The number of hydrogen-bond donors (Lipinski definition) is 1. The number of allylic oxidation sites excluding steroid dienone is 2. The minimum Gasteiger partial charge on any atom is -0.490 e. The van der Waals surface area contributed by atoms with Gasteiger partial charge in [0.05, 0.1) is 26.2 Å². The van der Waals surface area contributed by atoms with E-state index in [1.54, 1.807) is 6.92 Å². The van der Waals surface area contributed by atoms with E-state index < -0.39 is 37.0 Å². The van der Waals surface area contributed by atoms with E-state index in [0.717, 1.165) is 28.1 Å². The van der Waals surface area contributed by atoms with Gasteiger partial charge >= 0.3 is 5.84 Å². The number of likely N-dealkylation sites (N-methyl/N-ethyl adjacent to an activating group) is 1. The molecule has 1 atom stereocenters. The van der Waals surface area contributed by atoms with Crippen molar-refractivity contribution in [2.45, 2.75) is 26.7 Å². The van der Waals surface area contributed by atoms with Gasteiger partial charge in [-0.15, -0.1) is 0 Å². The summed E-state index contributed by atoms with van der Waals surface area (Å²) in [5.74, 6) is 0.172. The lowest BCUT2D eigenvalue weighted by Crippen LogP contribution is -2.33. The first-order valence-corrected chi connectivity index (χ1v) is 8.32. The number of rotatable bonds is 3. The van der Waals surface area contributed by atoms with Crippen LogP contribution in [-0.4, -0.2) is 42.7 Å². The summed E-state index contributed by atoms with van der Waals surface area (Å²) in [6.45, 7) is 0.357. The molecule has 134 valence electrons. The molecule has 6 heteroatoms. The highest BCUT2D eigenvalue weighted by atomic mass is 16.5. The highest BCUT2D eigenvalue weighted by Gasteiger charge is 2.36. The fourth-order valence-electron chi connectivity index (χ4n) is 3.09. The molecule has 3 aliphatic rings. The van der Waals surface area contributed by atoms with Crippen LogP contribution in [0.1, 0.15) is 34.0 Å². The first-order chi connectivity index (χ1) is 15.0. The Balaban J connectivity index is 1.60. The Morgan fingerprint density at radius 2 is 2.46 bits per heavy atom. The topological polar surface area (TPSA) is 56.9 Å². The Labute approximate surface area is 161 Å². The molecule has 0 aromatic heterocycles. The SMILES string of the molecule is [2H]C1=C(C([2H])([2H])[2H])C([2H])=[N+]2C(=NC(C)=C2C(=O)NCc2ccc3c(c2)OCCN3C)C1[2H]. The molecule has 4 rings (SSSR count). The first-order valence-electron chi connectivity index (χ1n) is 11.4. The van der Waals surface area contributed by atoms with E-state index in [-0.39, 0.29) is 23.8 Å². The van der Waals surface area contributed by atoms with Crippen molar-refractivity contribution in [3.63, 3.8) is 0 Å². The molecular formula is C20H23N4O2+. The van der Waals surface area contributed by atoms with Gasteiger partial charge in [-0.1, -0.05) is 12.1 Å². The summed E-state index contributed by atoms with van der Waals surface area (Å²) in [7, 11) is 1.98. The highest BCUT2D eigenvalue weighted by Crippen LogP contribution is 2.31. The maximum atomic E-state index is 13.0. The van der Waals surface area contributed by atoms with Crippen LogP contribution in [0.5, 0.6) is 5.75 Å². The lowest BCUT2D eigenvalue weighted by Gasteiger charge is -2.28. The van der Waals surface area contributed by atoms with Crippen molar-refractivity contribution in [2.75, 3.05) is 25.1 Å². The number of amidine groups is 1. The van der Waals surface area contributed by atoms with E-state index in [0.29, 0.717) is 6.61 Å². The summed E-state index contributed by atoms with van der Waals surface area (Å²) < 4.78 is 54.4. The van der Waals surface area contributed by atoms with Crippen LogP contribution in [-0.2, 0) is 11.3 Å². The van der Waals surface area contributed by atoms with Crippen LogP contribution in [0.2, 0.25) is 0 Å². The van der Waals surface area contributed by atoms with Crippen molar-refractivity contribution in [3.8, 4) is 5.75 Å². The predicted octanol–water partition coefficient (Wildman–Crippen LogP) is 2.21. The van der Waals surface area contributed by atoms with Gasteiger partial charge < -0.3 is 15.0 Å². The van der Waals surface area contributed by atoms with Gasteiger partial charge in [0, 0.05) is 26.0 Å². The van der Waals surface area contributed by atoms with Gasteiger partial charge in [-0.25, -0.2) is 0 Å². The van der Waals surface area contributed by atoms with Crippen molar-refractivity contribution < 1.29 is 22.3 Å². The van der Waals surface area contributed by atoms with Gasteiger partial charge in [-0.2, -0.15) is 4.58 Å². The molecule has 0 saturated carbocycles. The van der Waals surface area contributed by atoms with Crippen molar-refractivity contribution >= 4 is 23.6 Å². The monoisotopic (exact) mass is 357 g/mol. The molecule has 1 aromatic rings. The van der Waals surface area contributed by atoms with E-state index in [2.05, 4.69) is 15.2 Å². The minimum absolute atomic E-state index is 0.00885. The Hall–Kier alpha value is -2.89. The molecule has 6 nitrogen and oxygen atoms in total. The number of carbonyl (C=O) groups excluding carboxylic acids is 1. The zero-order valence-electron chi connectivity index (χ0n) is 20.6. The number of carbonyl (C=O) groups is 1. The average Bonchev–Trinajstić information content (AvgIpc) is 3.07. The van der Waals surface area contributed by atoms with Gasteiger partial charge in [0.25, 0.3) is 5.91 Å². The van der Waals surface area contributed by atoms with Crippen LogP contribution in [0.3, 0.4) is 0 Å². The zero-order chi connectivity index (χ0) is 23.4. The largest absolute Gasteiger partial charge is 0.490 e. The number of amides is 1. The number of anilines is 1. The van der Waals surface area contributed by atoms with Gasteiger partial charge in [-0.05, 0) is 35.1 Å². The van der Waals surface area contributed by atoms with Crippen LogP contribution < -0.4 is 15.0 Å². The number of nitrogens with one attached hydrogen (secondary N) is 1. The second-order valence-electron chi connectivity index (χ2n) is 6.27. The molecule has 0 fully saturated rings. The first kappa shape index (κ1) is 11.0. The number of aliphatic imine (C=N–C) groups is 1. The minimum atomic E-state index is -2.76. The molecule has 1 unspecified atom stereocenters. The summed E-state index contributed by atoms with van der Waals surface area (Å²) in [6, 6.07) is 5.16. The van der Waals surface area contributed by atoms with Crippen LogP contribution in [0.4, 0.5) is 5.69 Å². The summed E-state index contributed by atoms with van der Waals surface area (Å²) in [5, 5.41) is 2.78. The molecular weight excluding hydrogens is 328 g/mol. The van der Waals surface area contributed by atoms with Gasteiger partial charge in [0.2, 0.25) is 11.4 Å². The highest BCUT2D eigenvalue weighted by molar-refractivity contribution is 6.00. The number of ether oxygens (including phenoxy) is 1. The molecule has 26 heavy (non-hydrogen) atoms. The third-order valence-corrected chi connectivity index (χ3v) is 4.43. The fourth-order valence-corrected chi connectivity index (χ4v) is 3.09. The second kappa shape index (κ2) is 6.44. The molecule has 0 bridgehead atoms. The van der Waals surface area contributed by atoms with E-state index in [1.807, 2.05) is 25.2 Å². The summed E-state index contributed by atoms with van der Waals surface area (Å²) >= 11 is 0. The molecule has 1 amide bonds.